The molecule has 3 rings (SSSR count). The van der Waals surface area contributed by atoms with Crippen molar-refractivity contribution in [1.82, 2.24) is 5.32 Å². The summed E-state index contributed by atoms with van der Waals surface area (Å²) < 4.78 is 13.7. The van der Waals surface area contributed by atoms with Crippen LogP contribution in [0, 0.1) is 12.7 Å². The number of anilines is 1. The van der Waals surface area contributed by atoms with Gasteiger partial charge >= 0.3 is 0 Å². The molecule has 104 valence electrons. The fourth-order valence-corrected chi connectivity index (χ4v) is 2.69. The van der Waals surface area contributed by atoms with Gasteiger partial charge in [0.25, 0.3) is 0 Å². The first-order valence-corrected chi connectivity index (χ1v) is 7.05. The number of hydrogen-bond acceptors (Lipinski definition) is 2. The second-order valence-corrected chi connectivity index (χ2v) is 5.33. The van der Waals surface area contributed by atoms with Crippen LogP contribution >= 0.6 is 0 Å². The third kappa shape index (κ3) is 2.68. The maximum Gasteiger partial charge on any atom is 0.128 e. The van der Waals surface area contributed by atoms with Gasteiger partial charge in [0.2, 0.25) is 0 Å². The molecule has 2 aromatic rings. The zero-order chi connectivity index (χ0) is 13.9. The lowest BCUT2D eigenvalue weighted by atomic mass is 9.99. The number of hydrogen-bond donors (Lipinski definition) is 2. The smallest absolute Gasteiger partial charge is 0.128 e. The van der Waals surface area contributed by atoms with Crippen LogP contribution in [0.1, 0.15) is 29.2 Å². The monoisotopic (exact) mass is 270 g/mol. The average molecular weight is 270 g/mol. The van der Waals surface area contributed by atoms with E-state index in [1.54, 1.807) is 13.0 Å². The Balaban J connectivity index is 1.88. The summed E-state index contributed by atoms with van der Waals surface area (Å²) in [5.41, 5.74) is 4.14. The van der Waals surface area contributed by atoms with Gasteiger partial charge < -0.3 is 10.6 Å². The van der Waals surface area contributed by atoms with Crippen LogP contribution in [0.25, 0.3) is 0 Å². The number of fused-ring (bicyclic) bond motifs is 1. The first kappa shape index (κ1) is 13.1. The van der Waals surface area contributed by atoms with E-state index in [1.165, 1.54) is 11.1 Å². The Kier molecular flexibility index (Phi) is 3.70. The summed E-state index contributed by atoms with van der Waals surface area (Å²) in [4.78, 5) is 0. The molecule has 0 aliphatic carbocycles. The van der Waals surface area contributed by atoms with E-state index in [-0.39, 0.29) is 11.9 Å². The zero-order valence-electron chi connectivity index (χ0n) is 11.6. The Morgan fingerprint density at radius 1 is 1.20 bits per heavy atom. The maximum absolute atomic E-state index is 13.7. The molecule has 0 aromatic heterocycles. The first-order valence-electron chi connectivity index (χ1n) is 7.05. The predicted molar refractivity (Wildman–Crippen MR) is 80.3 cm³/mol. The highest BCUT2D eigenvalue weighted by atomic mass is 19.1. The standard InChI is InChI=1S/C17H19FN2/c1-12-6-7-14(10-16(12)18)20-17-8-9-19-11-13-4-2-3-5-15(13)17/h2-7,10,17,19-20H,8-9,11H2,1H3. The SMILES string of the molecule is Cc1ccc(NC2CCNCc3ccccc32)cc1F. The fourth-order valence-electron chi connectivity index (χ4n) is 2.69. The van der Waals surface area contributed by atoms with Gasteiger partial charge in [-0.05, 0) is 48.7 Å². The van der Waals surface area contributed by atoms with E-state index in [4.69, 9.17) is 0 Å². The van der Waals surface area contributed by atoms with E-state index < -0.39 is 0 Å². The molecule has 1 unspecified atom stereocenters. The second kappa shape index (κ2) is 5.63. The van der Waals surface area contributed by atoms with Crippen molar-refractivity contribution in [3.8, 4) is 0 Å². The van der Waals surface area contributed by atoms with Gasteiger partial charge in [0.1, 0.15) is 5.82 Å². The summed E-state index contributed by atoms with van der Waals surface area (Å²) in [6.07, 6.45) is 0.993. The Labute approximate surface area is 119 Å². The van der Waals surface area contributed by atoms with Crippen LogP contribution in [0.5, 0.6) is 0 Å². The highest BCUT2D eigenvalue weighted by Gasteiger charge is 2.17. The van der Waals surface area contributed by atoms with Crippen LogP contribution in [0.3, 0.4) is 0 Å². The molecule has 1 atom stereocenters. The Morgan fingerprint density at radius 3 is 2.90 bits per heavy atom. The van der Waals surface area contributed by atoms with E-state index in [0.717, 1.165) is 25.2 Å². The van der Waals surface area contributed by atoms with Crippen LogP contribution < -0.4 is 10.6 Å². The summed E-state index contributed by atoms with van der Waals surface area (Å²) in [6.45, 7) is 3.64. The normalized spacial score (nSPS) is 18.2. The third-order valence-electron chi connectivity index (χ3n) is 3.87. The molecule has 1 aliphatic rings. The molecule has 2 N–H and O–H groups in total. The summed E-state index contributed by atoms with van der Waals surface area (Å²) in [5.74, 6) is -0.157. The highest BCUT2D eigenvalue weighted by molar-refractivity contribution is 5.48. The van der Waals surface area contributed by atoms with Crippen LogP contribution in [-0.4, -0.2) is 6.54 Å². The van der Waals surface area contributed by atoms with E-state index >= 15 is 0 Å². The van der Waals surface area contributed by atoms with Crippen molar-refractivity contribution in [2.75, 3.05) is 11.9 Å². The van der Waals surface area contributed by atoms with E-state index in [2.05, 4.69) is 34.9 Å². The molecule has 0 spiro atoms. The van der Waals surface area contributed by atoms with Gasteiger partial charge in [0.05, 0.1) is 6.04 Å². The number of halogens is 1. The second-order valence-electron chi connectivity index (χ2n) is 5.33. The quantitative estimate of drug-likeness (QED) is 0.867. The molecule has 1 heterocycles. The van der Waals surface area contributed by atoms with Crippen LogP contribution in [0.4, 0.5) is 10.1 Å². The maximum atomic E-state index is 13.7. The Morgan fingerprint density at radius 2 is 2.05 bits per heavy atom. The molecular formula is C17H19FN2. The van der Waals surface area contributed by atoms with Crippen LogP contribution in [0.2, 0.25) is 0 Å². The molecule has 0 amide bonds. The molecule has 0 saturated carbocycles. The summed E-state index contributed by atoms with van der Waals surface area (Å²) in [6, 6.07) is 14.0. The van der Waals surface area contributed by atoms with Crippen LogP contribution in [0.15, 0.2) is 42.5 Å². The lowest BCUT2D eigenvalue weighted by molar-refractivity contribution is 0.616. The number of nitrogens with one attached hydrogen (secondary N) is 2. The van der Waals surface area contributed by atoms with Crippen molar-refractivity contribution in [3.05, 3.63) is 65.0 Å². The van der Waals surface area contributed by atoms with Gasteiger partial charge in [-0.15, -0.1) is 0 Å². The van der Waals surface area contributed by atoms with Crippen LogP contribution in [-0.2, 0) is 6.54 Å². The molecule has 0 fully saturated rings. The zero-order valence-corrected chi connectivity index (χ0v) is 11.6. The largest absolute Gasteiger partial charge is 0.378 e. The lowest BCUT2D eigenvalue weighted by Crippen LogP contribution is -2.15. The van der Waals surface area contributed by atoms with Crippen molar-refractivity contribution in [2.24, 2.45) is 0 Å². The Hall–Kier alpha value is -1.87. The van der Waals surface area contributed by atoms with Gasteiger partial charge in [-0.25, -0.2) is 4.39 Å². The van der Waals surface area contributed by atoms with E-state index in [9.17, 15) is 4.39 Å². The first-order chi connectivity index (χ1) is 9.74. The number of aryl methyl sites for hydroxylation is 1. The van der Waals surface area contributed by atoms with Gasteiger partial charge in [0.15, 0.2) is 0 Å². The van der Waals surface area contributed by atoms with E-state index in [1.807, 2.05) is 12.1 Å². The van der Waals surface area contributed by atoms with E-state index in [0.29, 0.717) is 5.56 Å². The van der Waals surface area contributed by atoms with Crippen molar-refractivity contribution in [1.29, 1.82) is 0 Å². The highest BCUT2D eigenvalue weighted by Crippen LogP contribution is 2.27. The van der Waals surface area contributed by atoms with Crippen molar-refractivity contribution < 1.29 is 4.39 Å². The minimum absolute atomic E-state index is 0.157. The molecule has 0 bridgehead atoms. The van der Waals surface area contributed by atoms with Crippen molar-refractivity contribution in [2.45, 2.75) is 25.9 Å². The molecule has 0 saturated heterocycles. The number of rotatable bonds is 2. The number of benzene rings is 2. The minimum Gasteiger partial charge on any atom is -0.378 e. The average Bonchev–Trinajstić information content (AvgIpc) is 2.66. The predicted octanol–water partition coefficient (Wildman–Crippen LogP) is 3.78. The molecular weight excluding hydrogens is 251 g/mol. The topological polar surface area (TPSA) is 24.1 Å². The summed E-state index contributed by atoms with van der Waals surface area (Å²) >= 11 is 0. The van der Waals surface area contributed by atoms with Crippen molar-refractivity contribution >= 4 is 5.69 Å². The lowest BCUT2D eigenvalue weighted by Gasteiger charge is -2.20. The molecule has 2 nitrogen and oxygen atoms in total. The molecule has 1 aliphatic heterocycles. The Bertz CT molecular complexity index is 610. The van der Waals surface area contributed by atoms with Gasteiger partial charge in [-0.1, -0.05) is 30.3 Å². The van der Waals surface area contributed by atoms with Gasteiger partial charge in [-0.3, -0.25) is 0 Å². The molecule has 3 heteroatoms. The molecule has 20 heavy (non-hydrogen) atoms. The van der Waals surface area contributed by atoms with Gasteiger partial charge in [0, 0.05) is 12.2 Å². The summed E-state index contributed by atoms with van der Waals surface area (Å²) in [7, 11) is 0. The van der Waals surface area contributed by atoms with Crippen molar-refractivity contribution in [3.63, 3.8) is 0 Å². The van der Waals surface area contributed by atoms with Gasteiger partial charge in [-0.2, -0.15) is 0 Å². The fraction of sp³-hybridized carbons (Fsp3) is 0.294. The summed E-state index contributed by atoms with van der Waals surface area (Å²) in [5, 5.41) is 6.89. The third-order valence-corrected chi connectivity index (χ3v) is 3.87. The molecule has 0 radical (unpaired) electrons. The molecule has 2 aromatic carbocycles. The minimum atomic E-state index is -0.157.